The number of benzene rings is 4. The third-order valence-corrected chi connectivity index (χ3v) is 5.43. The molecule has 4 aromatic rings. The Morgan fingerprint density at radius 3 is 2.34 bits per heavy atom. The molecule has 8 nitrogen and oxygen atoms in total. The molecule has 0 saturated carbocycles. The van der Waals surface area contributed by atoms with E-state index >= 15 is 0 Å². The standard InChI is InChI=1S/C30H26N4O4/c1-21-10-9-14-24(18-21)32-28(35)25-15-6-7-16-26(25)33-29(36)30(37)34-31-19-23-13-5-8-17-27(23)38-20-22-11-3-2-4-12-22/h2-19H,20H2,1H3,(H,32,35)(H,33,36)(H,34,37)/b31-19-. The van der Waals surface area contributed by atoms with Crippen LogP contribution in [-0.4, -0.2) is 23.9 Å². The Balaban J connectivity index is 1.36. The lowest BCUT2D eigenvalue weighted by Gasteiger charge is -2.11. The van der Waals surface area contributed by atoms with Gasteiger partial charge in [-0.3, -0.25) is 14.4 Å². The Morgan fingerprint density at radius 1 is 0.789 bits per heavy atom. The van der Waals surface area contributed by atoms with E-state index < -0.39 is 17.7 Å². The highest BCUT2D eigenvalue weighted by Crippen LogP contribution is 2.19. The van der Waals surface area contributed by atoms with Crippen LogP contribution in [0.5, 0.6) is 5.75 Å². The van der Waals surface area contributed by atoms with Crippen LogP contribution in [0.15, 0.2) is 108 Å². The van der Waals surface area contributed by atoms with Gasteiger partial charge in [-0.15, -0.1) is 0 Å². The second-order valence-corrected chi connectivity index (χ2v) is 8.33. The second-order valence-electron chi connectivity index (χ2n) is 8.33. The van der Waals surface area contributed by atoms with Crippen molar-refractivity contribution in [1.29, 1.82) is 0 Å². The summed E-state index contributed by atoms with van der Waals surface area (Å²) < 4.78 is 5.87. The zero-order chi connectivity index (χ0) is 26.7. The van der Waals surface area contributed by atoms with Crippen molar-refractivity contribution >= 4 is 35.3 Å². The van der Waals surface area contributed by atoms with Crippen LogP contribution in [0.1, 0.15) is 27.0 Å². The fourth-order valence-corrected chi connectivity index (χ4v) is 3.56. The van der Waals surface area contributed by atoms with Crippen LogP contribution < -0.4 is 20.8 Å². The number of hydrogen-bond donors (Lipinski definition) is 3. The smallest absolute Gasteiger partial charge is 0.329 e. The molecule has 190 valence electrons. The number of ether oxygens (including phenoxy) is 1. The van der Waals surface area contributed by atoms with E-state index in [2.05, 4.69) is 21.2 Å². The summed E-state index contributed by atoms with van der Waals surface area (Å²) in [4.78, 5) is 37.7. The molecule has 38 heavy (non-hydrogen) atoms. The molecule has 0 heterocycles. The lowest BCUT2D eigenvalue weighted by molar-refractivity contribution is -0.136. The van der Waals surface area contributed by atoms with Gasteiger partial charge in [0.2, 0.25) is 0 Å². The van der Waals surface area contributed by atoms with E-state index in [1.165, 1.54) is 6.21 Å². The highest BCUT2D eigenvalue weighted by molar-refractivity contribution is 6.40. The van der Waals surface area contributed by atoms with Gasteiger partial charge >= 0.3 is 11.8 Å². The van der Waals surface area contributed by atoms with Crippen molar-refractivity contribution in [2.75, 3.05) is 10.6 Å². The zero-order valence-corrected chi connectivity index (χ0v) is 20.7. The molecule has 0 spiro atoms. The molecule has 4 aromatic carbocycles. The van der Waals surface area contributed by atoms with E-state index in [0.717, 1.165) is 11.1 Å². The Labute approximate surface area is 220 Å². The van der Waals surface area contributed by atoms with Crippen LogP contribution in [0.2, 0.25) is 0 Å². The Hall–Kier alpha value is -5.24. The van der Waals surface area contributed by atoms with Gasteiger partial charge in [0.1, 0.15) is 12.4 Å². The molecule has 0 aliphatic heterocycles. The van der Waals surface area contributed by atoms with Crippen LogP contribution in [0, 0.1) is 6.92 Å². The SMILES string of the molecule is Cc1cccc(NC(=O)c2ccccc2NC(=O)C(=O)N/N=C\c2ccccc2OCc2ccccc2)c1. The fraction of sp³-hybridized carbons (Fsp3) is 0.0667. The van der Waals surface area contributed by atoms with Crippen molar-refractivity contribution in [3.8, 4) is 5.75 Å². The molecular formula is C30H26N4O4. The monoisotopic (exact) mass is 506 g/mol. The maximum Gasteiger partial charge on any atom is 0.329 e. The molecular weight excluding hydrogens is 480 g/mol. The summed E-state index contributed by atoms with van der Waals surface area (Å²) >= 11 is 0. The molecule has 0 unspecified atom stereocenters. The van der Waals surface area contributed by atoms with Gasteiger partial charge in [-0.05, 0) is 54.4 Å². The predicted octanol–water partition coefficient (Wildman–Crippen LogP) is 4.92. The van der Waals surface area contributed by atoms with Gasteiger partial charge in [0.15, 0.2) is 0 Å². The number of nitrogens with zero attached hydrogens (tertiary/aromatic N) is 1. The van der Waals surface area contributed by atoms with Gasteiger partial charge in [0.05, 0.1) is 17.5 Å². The van der Waals surface area contributed by atoms with Crippen LogP contribution in [-0.2, 0) is 16.2 Å². The number of nitrogens with one attached hydrogen (secondary N) is 3. The first-order valence-electron chi connectivity index (χ1n) is 11.9. The van der Waals surface area contributed by atoms with Crippen molar-refractivity contribution in [2.24, 2.45) is 5.10 Å². The van der Waals surface area contributed by atoms with Crippen molar-refractivity contribution in [3.63, 3.8) is 0 Å². The lowest BCUT2D eigenvalue weighted by atomic mass is 10.1. The summed E-state index contributed by atoms with van der Waals surface area (Å²) in [5, 5.41) is 9.17. The summed E-state index contributed by atoms with van der Waals surface area (Å²) in [6.45, 7) is 2.29. The Kier molecular flexibility index (Phi) is 8.60. The van der Waals surface area contributed by atoms with Crippen LogP contribution in [0.25, 0.3) is 0 Å². The fourth-order valence-electron chi connectivity index (χ4n) is 3.56. The maximum absolute atomic E-state index is 12.8. The molecule has 3 N–H and O–H groups in total. The number of amides is 3. The number of hydrogen-bond acceptors (Lipinski definition) is 5. The lowest BCUT2D eigenvalue weighted by Crippen LogP contribution is -2.33. The van der Waals surface area contributed by atoms with Gasteiger partial charge in [0, 0.05) is 11.3 Å². The normalized spacial score (nSPS) is 10.6. The average Bonchev–Trinajstić information content (AvgIpc) is 2.93. The summed E-state index contributed by atoms with van der Waals surface area (Å²) in [5.41, 5.74) is 5.87. The number of carbonyl (C=O) groups excluding carboxylic acids is 3. The summed E-state index contributed by atoms with van der Waals surface area (Å²) in [5.74, 6) is -1.80. The number of anilines is 2. The first kappa shape index (κ1) is 25.8. The van der Waals surface area contributed by atoms with Gasteiger partial charge in [0.25, 0.3) is 5.91 Å². The van der Waals surface area contributed by atoms with E-state index in [9.17, 15) is 14.4 Å². The minimum Gasteiger partial charge on any atom is -0.488 e. The molecule has 0 fully saturated rings. The molecule has 0 aliphatic carbocycles. The number of rotatable bonds is 8. The Bertz CT molecular complexity index is 1470. The molecule has 0 aromatic heterocycles. The second kappa shape index (κ2) is 12.6. The number of para-hydroxylation sites is 2. The molecule has 0 bridgehead atoms. The molecule has 4 rings (SSSR count). The minimum absolute atomic E-state index is 0.196. The quantitative estimate of drug-likeness (QED) is 0.179. The summed E-state index contributed by atoms with van der Waals surface area (Å²) in [6, 6.07) is 30.7. The van der Waals surface area contributed by atoms with E-state index in [0.29, 0.717) is 23.6 Å². The average molecular weight is 507 g/mol. The first-order valence-corrected chi connectivity index (χ1v) is 11.9. The molecule has 8 heteroatoms. The number of aryl methyl sites for hydroxylation is 1. The van der Waals surface area contributed by atoms with E-state index in [1.54, 1.807) is 42.5 Å². The summed E-state index contributed by atoms with van der Waals surface area (Å²) in [7, 11) is 0. The van der Waals surface area contributed by atoms with Crippen LogP contribution in [0.3, 0.4) is 0 Å². The first-order chi connectivity index (χ1) is 18.5. The Morgan fingerprint density at radius 2 is 1.53 bits per heavy atom. The highest BCUT2D eigenvalue weighted by atomic mass is 16.5. The number of carbonyl (C=O) groups is 3. The van der Waals surface area contributed by atoms with Gasteiger partial charge in [-0.2, -0.15) is 5.10 Å². The van der Waals surface area contributed by atoms with E-state index in [4.69, 9.17) is 4.74 Å². The van der Waals surface area contributed by atoms with Crippen LogP contribution in [0.4, 0.5) is 11.4 Å². The van der Waals surface area contributed by atoms with Crippen molar-refractivity contribution in [3.05, 3.63) is 125 Å². The number of hydrazone groups is 1. The van der Waals surface area contributed by atoms with Gasteiger partial charge in [-0.25, -0.2) is 5.43 Å². The molecule has 3 amide bonds. The summed E-state index contributed by atoms with van der Waals surface area (Å²) in [6.07, 6.45) is 1.40. The topological polar surface area (TPSA) is 109 Å². The van der Waals surface area contributed by atoms with E-state index in [1.807, 2.05) is 67.6 Å². The van der Waals surface area contributed by atoms with E-state index in [-0.39, 0.29) is 11.3 Å². The molecule has 0 radical (unpaired) electrons. The third kappa shape index (κ3) is 7.14. The molecule has 0 aliphatic rings. The maximum atomic E-state index is 12.8. The van der Waals surface area contributed by atoms with Crippen LogP contribution >= 0.6 is 0 Å². The van der Waals surface area contributed by atoms with Gasteiger partial charge in [-0.1, -0.05) is 66.7 Å². The van der Waals surface area contributed by atoms with Gasteiger partial charge < -0.3 is 15.4 Å². The highest BCUT2D eigenvalue weighted by Gasteiger charge is 2.18. The largest absolute Gasteiger partial charge is 0.488 e. The third-order valence-electron chi connectivity index (χ3n) is 5.43. The van der Waals surface area contributed by atoms with Crippen molar-refractivity contribution in [1.82, 2.24) is 5.43 Å². The van der Waals surface area contributed by atoms with Crippen molar-refractivity contribution < 1.29 is 19.1 Å². The van der Waals surface area contributed by atoms with Crippen molar-refractivity contribution in [2.45, 2.75) is 13.5 Å². The molecule has 0 atom stereocenters. The molecule has 0 saturated heterocycles. The minimum atomic E-state index is -0.988. The predicted molar refractivity (Wildman–Crippen MR) is 147 cm³/mol. The zero-order valence-electron chi connectivity index (χ0n) is 20.7.